The van der Waals surface area contributed by atoms with Gasteiger partial charge in [-0.2, -0.15) is 9.61 Å². The molecule has 5 rings (SSSR count). The molecule has 3 aromatic rings. The van der Waals surface area contributed by atoms with Crippen molar-refractivity contribution < 1.29 is 13.9 Å². The number of amides is 1. The number of nitrogens with zero attached hydrogens (tertiary/aromatic N) is 4. The second kappa shape index (κ2) is 9.05. The SMILES string of the molecule is CNc1cc(Nc2cccn(C3CC(F)C3)c2=O)nc2c(C(=O)NC3CC[C@H](OC)C3)cnn12. The Kier molecular flexibility index (Phi) is 5.94. The van der Waals surface area contributed by atoms with Crippen LogP contribution in [0.1, 0.15) is 48.5 Å². The summed E-state index contributed by atoms with van der Waals surface area (Å²) in [6.07, 6.45) is 5.70. The van der Waals surface area contributed by atoms with Crippen LogP contribution in [0.25, 0.3) is 5.65 Å². The average molecular weight is 470 g/mol. The number of hydrogen-bond donors (Lipinski definition) is 3. The fraction of sp³-hybridized carbons (Fsp3) is 0.478. The Bertz CT molecular complexity index is 1270. The van der Waals surface area contributed by atoms with Crippen LogP contribution in [0.2, 0.25) is 0 Å². The molecule has 0 spiro atoms. The van der Waals surface area contributed by atoms with Crippen LogP contribution in [-0.2, 0) is 4.74 Å². The third kappa shape index (κ3) is 4.11. The van der Waals surface area contributed by atoms with E-state index in [1.807, 2.05) is 0 Å². The third-order valence-corrected chi connectivity index (χ3v) is 6.71. The van der Waals surface area contributed by atoms with Gasteiger partial charge >= 0.3 is 0 Å². The molecule has 0 saturated heterocycles. The maximum absolute atomic E-state index is 13.3. The first kappa shape index (κ1) is 22.3. The predicted molar refractivity (Wildman–Crippen MR) is 126 cm³/mol. The Morgan fingerprint density at radius 3 is 2.79 bits per heavy atom. The molecule has 11 heteroatoms. The van der Waals surface area contributed by atoms with Crippen molar-refractivity contribution in [2.45, 2.75) is 56.5 Å². The molecule has 180 valence electrons. The predicted octanol–water partition coefficient (Wildman–Crippen LogP) is 2.65. The number of hydrogen-bond acceptors (Lipinski definition) is 7. The van der Waals surface area contributed by atoms with Crippen LogP contribution in [0, 0.1) is 0 Å². The van der Waals surface area contributed by atoms with Crippen LogP contribution in [-0.4, -0.2) is 57.5 Å². The molecule has 2 aliphatic rings. The van der Waals surface area contributed by atoms with Crippen molar-refractivity contribution in [1.29, 1.82) is 0 Å². The quantitative estimate of drug-likeness (QED) is 0.487. The van der Waals surface area contributed by atoms with Gasteiger partial charge in [-0.3, -0.25) is 9.59 Å². The van der Waals surface area contributed by atoms with Crippen molar-refractivity contribution in [2.24, 2.45) is 0 Å². The molecule has 1 unspecified atom stereocenters. The lowest BCUT2D eigenvalue weighted by Gasteiger charge is -2.31. The van der Waals surface area contributed by atoms with E-state index < -0.39 is 6.17 Å². The van der Waals surface area contributed by atoms with E-state index in [9.17, 15) is 14.0 Å². The summed E-state index contributed by atoms with van der Waals surface area (Å²) in [7, 11) is 3.42. The zero-order valence-corrected chi connectivity index (χ0v) is 19.1. The number of anilines is 3. The molecule has 10 nitrogen and oxygen atoms in total. The Labute approximate surface area is 195 Å². The second-order valence-electron chi connectivity index (χ2n) is 8.89. The highest BCUT2D eigenvalue weighted by Gasteiger charge is 2.31. The molecule has 0 radical (unpaired) electrons. The van der Waals surface area contributed by atoms with Crippen LogP contribution in [0.4, 0.5) is 21.7 Å². The Hall–Kier alpha value is -3.47. The zero-order valence-electron chi connectivity index (χ0n) is 19.1. The number of halogens is 1. The Balaban J connectivity index is 1.42. The van der Waals surface area contributed by atoms with Crippen LogP contribution in [0.3, 0.4) is 0 Å². The van der Waals surface area contributed by atoms with Gasteiger partial charge < -0.3 is 25.3 Å². The van der Waals surface area contributed by atoms with Crippen LogP contribution in [0.5, 0.6) is 0 Å². The summed E-state index contributed by atoms with van der Waals surface area (Å²) in [4.78, 5) is 30.5. The molecule has 3 aromatic heterocycles. The van der Waals surface area contributed by atoms with Gasteiger partial charge in [-0.05, 0) is 44.2 Å². The molecule has 3 N–H and O–H groups in total. The van der Waals surface area contributed by atoms with Crippen LogP contribution >= 0.6 is 0 Å². The van der Waals surface area contributed by atoms with E-state index in [1.165, 1.54) is 6.20 Å². The minimum Gasteiger partial charge on any atom is -0.381 e. The highest BCUT2D eigenvalue weighted by molar-refractivity contribution is 6.00. The van der Waals surface area contributed by atoms with Gasteiger partial charge in [-0.1, -0.05) is 0 Å². The van der Waals surface area contributed by atoms with E-state index in [4.69, 9.17) is 4.74 Å². The summed E-state index contributed by atoms with van der Waals surface area (Å²) >= 11 is 0. The second-order valence-corrected chi connectivity index (χ2v) is 8.89. The number of ether oxygens (including phenoxy) is 1. The number of methoxy groups -OCH3 is 1. The summed E-state index contributed by atoms with van der Waals surface area (Å²) in [6, 6.07) is 5.02. The molecule has 3 heterocycles. The van der Waals surface area contributed by atoms with E-state index in [1.54, 1.807) is 47.6 Å². The minimum atomic E-state index is -0.855. The Morgan fingerprint density at radius 2 is 2.09 bits per heavy atom. The van der Waals surface area contributed by atoms with Gasteiger partial charge in [0.1, 0.15) is 29.1 Å². The molecule has 2 fully saturated rings. The molecule has 2 atom stereocenters. The molecule has 0 bridgehead atoms. The van der Waals surface area contributed by atoms with Crippen LogP contribution < -0.4 is 21.5 Å². The number of rotatable bonds is 7. The molecular formula is C23H28FN7O3. The van der Waals surface area contributed by atoms with Gasteiger partial charge in [0.25, 0.3) is 11.5 Å². The fourth-order valence-electron chi connectivity index (χ4n) is 4.69. The first-order valence-electron chi connectivity index (χ1n) is 11.5. The van der Waals surface area contributed by atoms with E-state index in [0.29, 0.717) is 41.4 Å². The van der Waals surface area contributed by atoms with Gasteiger partial charge in [0.2, 0.25) is 0 Å². The van der Waals surface area contributed by atoms with Crippen LogP contribution in [0.15, 0.2) is 35.4 Å². The number of nitrogens with one attached hydrogen (secondary N) is 3. The standard InChI is InChI=1S/C23H28FN7O3/c1-25-20-11-19(28-18-4-3-7-30(23(18)33)15-8-13(24)9-15)29-21-17(12-26-31(20)21)22(32)27-14-5-6-16(10-14)34-2/h3-4,7,11-16,25H,5-6,8-10H2,1-2H3,(H,27,32)(H,28,29)/t13?,14?,15?,16-/m0/s1. The average Bonchev–Trinajstić information content (AvgIpc) is 3.45. The van der Waals surface area contributed by atoms with E-state index in [2.05, 4.69) is 26.0 Å². The molecule has 1 amide bonds. The number of fused-ring (bicyclic) bond motifs is 1. The zero-order chi connectivity index (χ0) is 23.8. The molecule has 34 heavy (non-hydrogen) atoms. The summed E-state index contributed by atoms with van der Waals surface area (Å²) in [5.74, 6) is 0.734. The van der Waals surface area contributed by atoms with Gasteiger partial charge in [-0.15, -0.1) is 0 Å². The van der Waals surface area contributed by atoms with Gasteiger partial charge in [0.15, 0.2) is 5.65 Å². The highest BCUT2D eigenvalue weighted by atomic mass is 19.1. The maximum atomic E-state index is 13.3. The lowest BCUT2D eigenvalue weighted by atomic mass is 9.90. The fourth-order valence-corrected chi connectivity index (χ4v) is 4.69. The van der Waals surface area contributed by atoms with E-state index in [-0.39, 0.29) is 29.7 Å². The molecule has 2 saturated carbocycles. The third-order valence-electron chi connectivity index (χ3n) is 6.71. The molecular weight excluding hydrogens is 441 g/mol. The maximum Gasteiger partial charge on any atom is 0.274 e. The summed E-state index contributed by atoms with van der Waals surface area (Å²) in [5, 5.41) is 13.5. The first-order chi connectivity index (χ1) is 16.5. The first-order valence-corrected chi connectivity index (χ1v) is 11.5. The van der Waals surface area contributed by atoms with Gasteiger partial charge in [0.05, 0.1) is 12.3 Å². The summed E-state index contributed by atoms with van der Waals surface area (Å²) in [6.45, 7) is 0. The largest absolute Gasteiger partial charge is 0.381 e. The number of carbonyl (C=O) groups is 1. The smallest absolute Gasteiger partial charge is 0.274 e. The lowest BCUT2D eigenvalue weighted by molar-refractivity contribution is 0.0916. The van der Waals surface area contributed by atoms with Gasteiger partial charge in [-0.25, -0.2) is 9.37 Å². The molecule has 2 aliphatic carbocycles. The van der Waals surface area contributed by atoms with Crippen molar-refractivity contribution in [1.82, 2.24) is 24.5 Å². The van der Waals surface area contributed by atoms with Crippen molar-refractivity contribution >= 4 is 28.9 Å². The normalized spacial score (nSPS) is 24.1. The van der Waals surface area contributed by atoms with Crippen molar-refractivity contribution in [3.05, 3.63) is 46.5 Å². The molecule has 0 aromatic carbocycles. The molecule has 0 aliphatic heterocycles. The monoisotopic (exact) mass is 469 g/mol. The lowest BCUT2D eigenvalue weighted by Crippen LogP contribution is -2.35. The summed E-state index contributed by atoms with van der Waals surface area (Å²) in [5.41, 5.74) is 0.789. The van der Waals surface area contributed by atoms with Crippen molar-refractivity contribution in [3.63, 3.8) is 0 Å². The Morgan fingerprint density at radius 1 is 1.26 bits per heavy atom. The number of aromatic nitrogens is 4. The summed E-state index contributed by atoms with van der Waals surface area (Å²) < 4.78 is 21.8. The number of carbonyl (C=O) groups excluding carboxylic acids is 1. The number of pyridine rings is 1. The van der Waals surface area contributed by atoms with Crippen molar-refractivity contribution in [2.75, 3.05) is 24.8 Å². The van der Waals surface area contributed by atoms with Gasteiger partial charge in [0, 0.05) is 38.5 Å². The van der Waals surface area contributed by atoms with E-state index >= 15 is 0 Å². The highest BCUT2D eigenvalue weighted by Crippen LogP contribution is 2.33. The minimum absolute atomic E-state index is 0.0377. The van der Waals surface area contributed by atoms with E-state index in [0.717, 1.165) is 19.3 Å². The van der Waals surface area contributed by atoms with Crippen molar-refractivity contribution in [3.8, 4) is 0 Å². The topological polar surface area (TPSA) is 115 Å². The number of alkyl halides is 1.